The molecule has 0 heterocycles. The van der Waals surface area contributed by atoms with Crippen molar-refractivity contribution in [1.82, 2.24) is 0 Å². The molecule has 2 heteroatoms. The normalized spacial score (nSPS) is 12.3. The first-order chi connectivity index (χ1) is 7.04. The molecule has 0 saturated heterocycles. The van der Waals surface area contributed by atoms with Gasteiger partial charge in [-0.15, -0.1) is 6.58 Å². The SMILES string of the molecule is C=C(C)CC(N)c1ccc(C)c(OC)c1. The van der Waals surface area contributed by atoms with Crippen molar-refractivity contribution in [3.63, 3.8) is 0 Å². The average Bonchev–Trinajstić information content (AvgIpc) is 2.17. The number of rotatable bonds is 4. The molecule has 1 aromatic rings. The molecule has 2 nitrogen and oxygen atoms in total. The smallest absolute Gasteiger partial charge is 0.122 e. The van der Waals surface area contributed by atoms with Crippen molar-refractivity contribution >= 4 is 0 Å². The topological polar surface area (TPSA) is 35.2 Å². The van der Waals surface area contributed by atoms with Gasteiger partial charge in [0.2, 0.25) is 0 Å². The van der Waals surface area contributed by atoms with Gasteiger partial charge in [0, 0.05) is 6.04 Å². The van der Waals surface area contributed by atoms with Crippen molar-refractivity contribution in [2.45, 2.75) is 26.3 Å². The summed E-state index contributed by atoms with van der Waals surface area (Å²) in [4.78, 5) is 0. The molecule has 0 saturated carbocycles. The predicted molar refractivity (Wildman–Crippen MR) is 64.1 cm³/mol. The van der Waals surface area contributed by atoms with E-state index in [4.69, 9.17) is 10.5 Å². The fourth-order valence-corrected chi connectivity index (χ4v) is 1.56. The molecule has 0 bridgehead atoms. The van der Waals surface area contributed by atoms with E-state index in [9.17, 15) is 0 Å². The number of methoxy groups -OCH3 is 1. The lowest BCUT2D eigenvalue weighted by Crippen LogP contribution is -2.10. The first kappa shape index (κ1) is 11.8. The Labute approximate surface area is 91.7 Å². The number of benzene rings is 1. The Morgan fingerprint density at radius 1 is 1.53 bits per heavy atom. The molecule has 0 amide bonds. The molecule has 0 spiro atoms. The molecule has 1 atom stereocenters. The Bertz CT molecular complexity index is 358. The van der Waals surface area contributed by atoms with E-state index in [-0.39, 0.29) is 6.04 Å². The lowest BCUT2D eigenvalue weighted by atomic mass is 10.00. The van der Waals surface area contributed by atoms with Gasteiger partial charge in [-0.1, -0.05) is 17.7 Å². The van der Waals surface area contributed by atoms with Crippen molar-refractivity contribution in [2.24, 2.45) is 5.73 Å². The lowest BCUT2D eigenvalue weighted by Gasteiger charge is -2.14. The summed E-state index contributed by atoms with van der Waals surface area (Å²) in [6.07, 6.45) is 0.812. The van der Waals surface area contributed by atoms with Crippen LogP contribution in [-0.4, -0.2) is 7.11 Å². The van der Waals surface area contributed by atoms with Gasteiger partial charge in [-0.05, 0) is 37.5 Å². The third-order valence-corrected chi connectivity index (χ3v) is 2.43. The maximum absolute atomic E-state index is 6.05. The van der Waals surface area contributed by atoms with Gasteiger partial charge in [0.25, 0.3) is 0 Å². The van der Waals surface area contributed by atoms with Crippen LogP contribution in [0.1, 0.15) is 30.5 Å². The van der Waals surface area contributed by atoms with Crippen LogP contribution in [0.5, 0.6) is 5.75 Å². The third-order valence-electron chi connectivity index (χ3n) is 2.43. The van der Waals surface area contributed by atoms with Crippen LogP contribution in [0.3, 0.4) is 0 Å². The van der Waals surface area contributed by atoms with E-state index in [0.717, 1.165) is 28.9 Å². The number of nitrogens with two attached hydrogens (primary N) is 1. The molecular weight excluding hydrogens is 186 g/mol. The second-order valence-corrected chi connectivity index (χ2v) is 4.00. The summed E-state index contributed by atoms with van der Waals surface area (Å²) < 4.78 is 5.26. The Morgan fingerprint density at radius 3 is 2.73 bits per heavy atom. The Kier molecular flexibility index (Phi) is 3.92. The molecule has 0 aromatic heterocycles. The van der Waals surface area contributed by atoms with Crippen LogP contribution in [0.4, 0.5) is 0 Å². The average molecular weight is 205 g/mol. The van der Waals surface area contributed by atoms with Crippen molar-refractivity contribution in [2.75, 3.05) is 7.11 Å². The highest BCUT2D eigenvalue weighted by molar-refractivity contribution is 5.38. The predicted octanol–water partition coefficient (Wildman–Crippen LogP) is 2.97. The maximum atomic E-state index is 6.05. The molecule has 0 aliphatic heterocycles. The van der Waals surface area contributed by atoms with Crippen LogP contribution < -0.4 is 10.5 Å². The monoisotopic (exact) mass is 205 g/mol. The summed E-state index contributed by atoms with van der Waals surface area (Å²) in [5, 5.41) is 0. The van der Waals surface area contributed by atoms with E-state index in [1.807, 2.05) is 32.0 Å². The lowest BCUT2D eigenvalue weighted by molar-refractivity contribution is 0.410. The van der Waals surface area contributed by atoms with Crippen LogP contribution in [0.15, 0.2) is 30.4 Å². The van der Waals surface area contributed by atoms with E-state index in [2.05, 4.69) is 6.58 Å². The summed E-state index contributed by atoms with van der Waals surface area (Å²) in [6.45, 7) is 7.88. The summed E-state index contributed by atoms with van der Waals surface area (Å²) in [5.41, 5.74) is 9.38. The highest BCUT2D eigenvalue weighted by Gasteiger charge is 2.08. The standard InChI is InChI=1S/C13H19NO/c1-9(2)7-12(14)11-6-5-10(3)13(8-11)15-4/h5-6,8,12H,1,7,14H2,2-4H3. The van der Waals surface area contributed by atoms with Gasteiger partial charge < -0.3 is 10.5 Å². The zero-order valence-corrected chi connectivity index (χ0v) is 9.71. The molecule has 1 aromatic carbocycles. The van der Waals surface area contributed by atoms with Crippen molar-refractivity contribution in [3.8, 4) is 5.75 Å². The van der Waals surface area contributed by atoms with Gasteiger partial charge in [-0.3, -0.25) is 0 Å². The summed E-state index contributed by atoms with van der Waals surface area (Å²) >= 11 is 0. The van der Waals surface area contributed by atoms with Gasteiger partial charge in [0.15, 0.2) is 0 Å². The summed E-state index contributed by atoms with van der Waals surface area (Å²) in [5.74, 6) is 0.893. The molecule has 1 unspecified atom stereocenters. The van der Waals surface area contributed by atoms with Gasteiger partial charge in [0.1, 0.15) is 5.75 Å². The van der Waals surface area contributed by atoms with Gasteiger partial charge in [0.05, 0.1) is 7.11 Å². The van der Waals surface area contributed by atoms with Crippen LogP contribution in [-0.2, 0) is 0 Å². The molecule has 1 rings (SSSR count). The van der Waals surface area contributed by atoms with Crippen LogP contribution in [0, 0.1) is 6.92 Å². The van der Waals surface area contributed by atoms with Crippen LogP contribution >= 0.6 is 0 Å². The fraction of sp³-hybridized carbons (Fsp3) is 0.385. The highest BCUT2D eigenvalue weighted by Crippen LogP contribution is 2.24. The molecule has 0 fully saturated rings. The number of aryl methyl sites for hydroxylation is 1. The molecular formula is C13H19NO. The summed E-state index contributed by atoms with van der Waals surface area (Å²) in [6, 6.07) is 6.10. The molecule has 82 valence electrons. The molecule has 2 N–H and O–H groups in total. The zero-order valence-electron chi connectivity index (χ0n) is 9.71. The largest absolute Gasteiger partial charge is 0.496 e. The second kappa shape index (κ2) is 4.99. The van der Waals surface area contributed by atoms with E-state index < -0.39 is 0 Å². The van der Waals surface area contributed by atoms with Gasteiger partial charge in [-0.25, -0.2) is 0 Å². The first-order valence-electron chi connectivity index (χ1n) is 5.09. The molecule has 0 aliphatic carbocycles. The van der Waals surface area contributed by atoms with Gasteiger partial charge >= 0.3 is 0 Å². The molecule has 0 aliphatic rings. The first-order valence-corrected chi connectivity index (χ1v) is 5.09. The van der Waals surface area contributed by atoms with Crippen molar-refractivity contribution in [3.05, 3.63) is 41.5 Å². The number of hydrogen-bond acceptors (Lipinski definition) is 2. The van der Waals surface area contributed by atoms with Crippen LogP contribution in [0.25, 0.3) is 0 Å². The Balaban J connectivity index is 2.90. The Morgan fingerprint density at radius 2 is 2.20 bits per heavy atom. The minimum absolute atomic E-state index is 0.0111. The van der Waals surface area contributed by atoms with Crippen molar-refractivity contribution < 1.29 is 4.74 Å². The second-order valence-electron chi connectivity index (χ2n) is 4.00. The number of hydrogen-bond donors (Lipinski definition) is 1. The third kappa shape index (κ3) is 3.10. The van der Waals surface area contributed by atoms with E-state index in [0.29, 0.717) is 0 Å². The van der Waals surface area contributed by atoms with E-state index in [1.54, 1.807) is 7.11 Å². The van der Waals surface area contributed by atoms with E-state index >= 15 is 0 Å². The Hall–Kier alpha value is -1.28. The molecule has 0 radical (unpaired) electrons. The highest BCUT2D eigenvalue weighted by atomic mass is 16.5. The minimum Gasteiger partial charge on any atom is -0.496 e. The van der Waals surface area contributed by atoms with Crippen molar-refractivity contribution in [1.29, 1.82) is 0 Å². The van der Waals surface area contributed by atoms with Gasteiger partial charge in [-0.2, -0.15) is 0 Å². The summed E-state index contributed by atoms with van der Waals surface area (Å²) in [7, 11) is 1.68. The quantitative estimate of drug-likeness (QED) is 0.767. The zero-order chi connectivity index (χ0) is 11.4. The van der Waals surface area contributed by atoms with Crippen LogP contribution in [0.2, 0.25) is 0 Å². The number of ether oxygens (including phenoxy) is 1. The minimum atomic E-state index is 0.0111. The molecule has 15 heavy (non-hydrogen) atoms. The fourth-order valence-electron chi connectivity index (χ4n) is 1.56. The van der Waals surface area contributed by atoms with E-state index in [1.165, 1.54) is 0 Å². The maximum Gasteiger partial charge on any atom is 0.122 e.